The summed E-state index contributed by atoms with van der Waals surface area (Å²) >= 11 is 6.06. The van der Waals surface area contributed by atoms with Gasteiger partial charge in [0.25, 0.3) is 5.78 Å². The molecule has 8 heteroatoms. The van der Waals surface area contributed by atoms with Gasteiger partial charge in [0.1, 0.15) is 17.3 Å². The van der Waals surface area contributed by atoms with E-state index in [1.165, 1.54) is 6.33 Å². The van der Waals surface area contributed by atoms with Gasteiger partial charge in [0, 0.05) is 34.4 Å². The normalized spacial score (nSPS) is 14.5. The SMILES string of the molecule is Cc1c(Cl)nc2ncnn2c1NCCC(C)S(C)=O. The second-order valence-electron chi connectivity index (χ2n) is 4.37. The van der Waals surface area contributed by atoms with Crippen LogP contribution in [0.2, 0.25) is 5.15 Å². The molecule has 2 aromatic rings. The number of nitrogens with one attached hydrogen (secondary N) is 1. The third-order valence-electron chi connectivity index (χ3n) is 3.01. The average molecular weight is 302 g/mol. The number of hydrogen-bond donors (Lipinski definition) is 1. The van der Waals surface area contributed by atoms with E-state index in [-0.39, 0.29) is 5.25 Å². The van der Waals surface area contributed by atoms with E-state index in [1.807, 2.05) is 13.8 Å². The van der Waals surface area contributed by atoms with Crippen LogP contribution in [0.25, 0.3) is 5.78 Å². The number of anilines is 1. The summed E-state index contributed by atoms with van der Waals surface area (Å²) in [6.45, 7) is 4.53. The predicted molar refractivity (Wildman–Crippen MR) is 77.2 cm³/mol. The molecule has 0 aliphatic heterocycles. The molecule has 6 nitrogen and oxygen atoms in total. The molecule has 0 radical (unpaired) electrons. The van der Waals surface area contributed by atoms with Gasteiger partial charge in [-0.05, 0) is 13.3 Å². The van der Waals surface area contributed by atoms with Crippen molar-refractivity contribution in [1.29, 1.82) is 0 Å². The molecule has 0 aliphatic rings. The molecule has 0 aromatic carbocycles. The van der Waals surface area contributed by atoms with E-state index in [0.717, 1.165) is 17.8 Å². The van der Waals surface area contributed by atoms with Crippen LogP contribution in [0, 0.1) is 6.92 Å². The van der Waals surface area contributed by atoms with Crippen molar-refractivity contribution in [3.8, 4) is 0 Å². The quantitative estimate of drug-likeness (QED) is 0.850. The fourth-order valence-corrected chi connectivity index (χ4v) is 2.28. The van der Waals surface area contributed by atoms with Crippen LogP contribution in [0.1, 0.15) is 18.9 Å². The lowest BCUT2D eigenvalue weighted by Crippen LogP contribution is -2.17. The monoisotopic (exact) mass is 301 g/mol. The Labute approximate surface area is 119 Å². The van der Waals surface area contributed by atoms with Crippen molar-refractivity contribution in [2.45, 2.75) is 25.5 Å². The van der Waals surface area contributed by atoms with Crippen LogP contribution in [-0.4, -0.2) is 41.8 Å². The maximum atomic E-state index is 11.3. The Morgan fingerprint density at radius 2 is 2.32 bits per heavy atom. The first-order chi connectivity index (χ1) is 9.00. The third kappa shape index (κ3) is 3.03. The molecule has 2 aromatic heterocycles. The first kappa shape index (κ1) is 14.2. The van der Waals surface area contributed by atoms with Crippen LogP contribution in [0.5, 0.6) is 0 Å². The Morgan fingerprint density at radius 3 is 3.00 bits per heavy atom. The molecule has 0 spiro atoms. The molecule has 0 amide bonds. The highest BCUT2D eigenvalue weighted by atomic mass is 35.5. The van der Waals surface area contributed by atoms with E-state index in [1.54, 1.807) is 10.8 Å². The van der Waals surface area contributed by atoms with Gasteiger partial charge in [0.15, 0.2) is 0 Å². The van der Waals surface area contributed by atoms with E-state index >= 15 is 0 Å². The molecule has 104 valence electrons. The number of nitrogens with zero attached hydrogens (tertiary/aromatic N) is 4. The van der Waals surface area contributed by atoms with Crippen molar-refractivity contribution < 1.29 is 4.21 Å². The molecule has 19 heavy (non-hydrogen) atoms. The van der Waals surface area contributed by atoms with Crippen LogP contribution >= 0.6 is 11.6 Å². The van der Waals surface area contributed by atoms with Crippen molar-refractivity contribution in [2.24, 2.45) is 0 Å². The lowest BCUT2D eigenvalue weighted by Gasteiger charge is -2.13. The molecule has 2 heterocycles. The van der Waals surface area contributed by atoms with Gasteiger partial charge in [-0.2, -0.15) is 19.6 Å². The molecule has 1 N–H and O–H groups in total. The van der Waals surface area contributed by atoms with Crippen molar-refractivity contribution in [1.82, 2.24) is 19.6 Å². The van der Waals surface area contributed by atoms with Crippen molar-refractivity contribution in [2.75, 3.05) is 18.1 Å². The van der Waals surface area contributed by atoms with Crippen molar-refractivity contribution in [3.63, 3.8) is 0 Å². The summed E-state index contributed by atoms with van der Waals surface area (Å²) < 4.78 is 12.9. The van der Waals surface area contributed by atoms with Gasteiger partial charge in [0.2, 0.25) is 0 Å². The van der Waals surface area contributed by atoms with E-state index in [2.05, 4.69) is 20.4 Å². The average Bonchev–Trinajstić information content (AvgIpc) is 2.81. The van der Waals surface area contributed by atoms with Gasteiger partial charge >= 0.3 is 0 Å². The lowest BCUT2D eigenvalue weighted by molar-refractivity contribution is 0.672. The zero-order valence-electron chi connectivity index (χ0n) is 11.1. The zero-order valence-corrected chi connectivity index (χ0v) is 12.6. The smallest absolute Gasteiger partial charge is 0.255 e. The number of rotatable bonds is 5. The van der Waals surface area contributed by atoms with Crippen LogP contribution in [0.15, 0.2) is 6.33 Å². The highest BCUT2D eigenvalue weighted by Crippen LogP contribution is 2.22. The summed E-state index contributed by atoms with van der Waals surface area (Å²) in [5, 5.41) is 7.95. The minimum atomic E-state index is -0.810. The minimum Gasteiger partial charge on any atom is -0.370 e. The summed E-state index contributed by atoms with van der Waals surface area (Å²) in [7, 11) is -0.810. The second-order valence-corrected chi connectivity index (χ2v) is 6.53. The molecular formula is C11H16ClN5OS. The lowest BCUT2D eigenvalue weighted by atomic mass is 10.3. The van der Waals surface area contributed by atoms with Crippen molar-refractivity contribution >= 4 is 34.0 Å². The number of hydrogen-bond acceptors (Lipinski definition) is 5. The van der Waals surface area contributed by atoms with E-state index < -0.39 is 10.8 Å². The van der Waals surface area contributed by atoms with Gasteiger partial charge in [-0.1, -0.05) is 18.5 Å². The Balaban J connectivity index is 2.18. The largest absolute Gasteiger partial charge is 0.370 e. The van der Waals surface area contributed by atoms with Crippen molar-refractivity contribution in [3.05, 3.63) is 17.0 Å². The zero-order chi connectivity index (χ0) is 14.0. The molecule has 2 atom stereocenters. The first-order valence-electron chi connectivity index (χ1n) is 5.92. The minimum absolute atomic E-state index is 0.149. The van der Waals surface area contributed by atoms with Gasteiger partial charge in [-0.25, -0.2) is 0 Å². The van der Waals surface area contributed by atoms with Gasteiger partial charge < -0.3 is 5.32 Å². The fourth-order valence-electron chi connectivity index (χ4n) is 1.66. The third-order valence-corrected chi connectivity index (χ3v) is 4.75. The Kier molecular flexibility index (Phi) is 4.36. The maximum absolute atomic E-state index is 11.3. The molecular weight excluding hydrogens is 286 g/mol. The molecule has 2 unspecified atom stereocenters. The van der Waals surface area contributed by atoms with Gasteiger partial charge in [0.05, 0.1) is 0 Å². The number of aromatic nitrogens is 4. The van der Waals surface area contributed by atoms with Crippen LogP contribution in [-0.2, 0) is 10.8 Å². The maximum Gasteiger partial charge on any atom is 0.255 e. The molecule has 2 rings (SSSR count). The molecule has 0 aliphatic carbocycles. The molecule has 0 bridgehead atoms. The van der Waals surface area contributed by atoms with E-state index in [9.17, 15) is 4.21 Å². The van der Waals surface area contributed by atoms with Crippen LogP contribution in [0.3, 0.4) is 0 Å². The summed E-state index contributed by atoms with van der Waals surface area (Å²) in [6.07, 6.45) is 3.96. The number of halogens is 1. The Morgan fingerprint density at radius 1 is 1.58 bits per heavy atom. The first-order valence-corrected chi connectivity index (χ1v) is 7.92. The summed E-state index contributed by atoms with van der Waals surface area (Å²) in [5.74, 6) is 1.24. The molecule has 0 fully saturated rings. The second kappa shape index (κ2) is 5.83. The molecule has 0 saturated carbocycles. The van der Waals surface area contributed by atoms with E-state index in [4.69, 9.17) is 11.6 Å². The standard InChI is InChI=1S/C11H16ClN5OS/c1-7(19(3)18)4-5-13-10-8(2)9(12)16-11-14-6-15-17(10)11/h6-7,13H,4-5H2,1-3H3. The summed E-state index contributed by atoms with van der Waals surface area (Å²) in [5.41, 5.74) is 0.824. The predicted octanol–water partition coefficient (Wildman–Crippen LogP) is 1.66. The van der Waals surface area contributed by atoms with Gasteiger partial charge in [-0.15, -0.1) is 0 Å². The molecule has 0 saturated heterocycles. The van der Waals surface area contributed by atoms with Crippen LogP contribution < -0.4 is 5.32 Å². The number of fused-ring (bicyclic) bond motifs is 1. The highest BCUT2D eigenvalue weighted by molar-refractivity contribution is 7.84. The Hall–Kier alpha value is -1.21. The Bertz CT molecular complexity index is 614. The summed E-state index contributed by atoms with van der Waals surface area (Å²) in [4.78, 5) is 8.15. The van der Waals surface area contributed by atoms with Gasteiger partial charge in [-0.3, -0.25) is 4.21 Å². The fraction of sp³-hybridized carbons (Fsp3) is 0.545. The van der Waals surface area contributed by atoms with E-state index in [0.29, 0.717) is 17.5 Å². The van der Waals surface area contributed by atoms with Crippen LogP contribution in [0.4, 0.5) is 5.82 Å². The summed E-state index contributed by atoms with van der Waals surface area (Å²) in [6, 6.07) is 0. The highest BCUT2D eigenvalue weighted by Gasteiger charge is 2.12. The topological polar surface area (TPSA) is 72.2 Å².